The van der Waals surface area contributed by atoms with Gasteiger partial charge in [-0.2, -0.15) is 5.10 Å². The van der Waals surface area contributed by atoms with Crippen LogP contribution in [0.2, 0.25) is 0 Å². The lowest BCUT2D eigenvalue weighted by Gasteiger charge is -2.23. The van der Waals surface area contributed by atoms with Gasteiger partial charge >= 0.3 is 0 Å². The van der Waals surface area contributed by atoms with Gasteiger partial charge in [-0.05, 0) is 17.7 Å². The first kappa shape index (κ1) is 12.5. The van der Waals surface area contributed by atoms with E-state index < -0.39 is 0 Å². The molecule has 0 aliphatic carbocycles. The number of hydrogen-bond acceptors (Lipinski definition) is 4. The Labute approximate surface area is 116 Å². The molecule has 0 saturated carbocycles. The number of aromatic nitrogens is 2. The van der Waals surface area contributed by atoms with Gasteiger partial charge < -0.3 is 14.8 Å². The highest BCUT2D eigenvalue weighted by molar-refractivity contribution is 5.94. The molecule has 6 nitrogen and oxygen atoms in total. The topological polar surface area (TPSA) is 76.2 Å². The lowest BCUT2D eigenvalue weighted by Crippen LogP contribution is -2.22. The molecule has 0 spiro atoms. The Hall–Kier alpha value is -2.50. The molecule has 2 N–H and O–H groups in total. The minimum Gasteiger partial charge on any atom is -0.493 e. The van der Waals surface area contributed by atoms with Crippen molar-refractivity contribution >= 4 is 11.7 Å². The minimum atomic E-state index is -0.0303. The average molecular weight is 273 g/mol. The second-order valence-corrected chi connectivity index (χ2v) is 4.62. The van der Waals surface area contributed by atoms with Crippen molar-refractivity contribution in [2.24, 2.45) is 0 Å². The summed E-state index contributed by atoms with van der Waals surface area (Å²) in [5, 5.41) is 9.57. The van der Waals surface area contributed by atoms with Crippen LogP contribution in [0.3, 0.4) is 0 Å². The van der Waals surface area contributed by atoms with Gasteiger partial charge in [0.05, 0.1) is 20.4 Å². The number of amides is 1. The number of nitrogens with one attached hydrogen (secondary N) is 2. The Balaban J connectivity index is 2.04. The molecule has 1 aliphatic heterocycles. The maximum atomic E-state index is 11.8. The number of rotatable bonds is 3. The lowest BCUT2D eigenvalue weighted by atomic mass is 9.87. The van der Waals surface area contributed by atoms with E-state index in [0.717, 1.165) is 11.1 Å². The first-order valence-corrected chi connectivity index (χ1v) is 6.28. The van der Waals surface area contributed by atoms with Gasteiger partial charge in [0, 0.05) is 17.9 Å². The van der Waals surface area contributed by atoms with Gasteiger partial charge in [-0.1, -0.05) is 6.07 Å². The molecule has 20 heavy (non-hydrogen) atoms. The van der Waals surface area contributed by atoms with Crippen LogP contribution in [-0.2, 0) is 4.79 Å². The van der Waals surface area contributed by atoms with Crippen LogP contribution in [0.5, 0.6) is 11.5 Å². The molecule has 104 valence electrons. The number of carbonyl (C=O) groups excluding carboxylic acids is 1. The fourth-order valence-corrected chi connectivity index (χ4v) is 2.51. The second kappa shape index (κ2) is 4.88. The van der Waals surface area contributed by atoms with E-state index in [1.54, 1.807) is 20.4 Å². The smallest absolute Gasteiger partial charge is 0.226 e. The second-order valence-electron chi connectivity index (χ2n) is 4.62. The van der Waals surface area contributed by atoms with Gasteiger partial charge in [0.25, 0.3) is 0 Å². The van der Waals surface area contributed by atoms with Crippen LogP contribution < -0.4 is 14.8 Å². The predicted molar refractivity (Wildman–Crippen MR) is 73.2 cm³/mol. The Morgan fingerprint density at radius 3 is 2.80 bits per heavy atom. The molecule has 2 aromatic rings. The fourth-order valence-electron chi connectivity index (χ4n) is 2.51. The van der Waals surface area contributed by atoms with E-state index in [4.69, 9.17) is 9.47 Å². The molecule has 1 aromatic carbocycles. The maximum Gasteiger partial charge on any atom is 0.226 e. The van der Waals surface area contributed by atoms with Crippen molar-refractivity contribution in [2.45, 2.75) is 12.3 Å². The summed E-state index contributed by atoms with van der Waals surface area (Å²) in [6.45, 7) is 0. The van der Waals surface area contributed by atoms with E-state index in [9.17, 15) is 4.79 Å². The summed E-state index contributed by atoms with van der Waals surface area (Å²) in [5.74, 6) is 1.94. The average Bonchev–Trinajstić information content (AvgIpc) is 2.93. The van der Waals surface area contributed by atoms with Gasteiger partial charge in [0.2, 0.25) is 5.91 Å². The summed E-state index contributed by atoms with van der Waals surface area (Å²) in [5.41, 5.74) is 1.98. The monoisotopic (exact) mass is 273 g/mol. The van der Waals surface area contributed by atoms with E-state index in [0.29, 0.717) is 23.7 Å². The summed E-state index contributed by atoms with van der Waals surface area (Å²) in [6, 6.07) is 5.70. The van der Waals surface area contributed by atoms with E-state index in [-0.39, 0.29) is 11.8 Å². The highest BCUT2D eigenvalue weighted by Gasteiger charge is 2.28. The SMILES string of the molecule is COc1ccc(C2CC(=O)Nc3[nH]ncc32)cc1OC. The molecule has 1 aromatic heterocycles. The molecule has 0 radical (unpaired) electrons. The molecule has 0 bridgehead atoms. The van der Waals surface area contributed by atoms with Crippen LogP contribution in [0.4, 0.5) is 5.82 Å². The molecule has 1 atom stereocenters. The van der Waals surface area contributed by atoms with Crippen molar-refractivity contribution in [2.75, 3.05) is 19.5 Å². The van der Waals surface area contributed by atoms with Gasteiger partial charge in [0.1, 0.15) is 5.82 Å². The van der Waals surface area contributed by atoms with Gasteiger partial charge in [-0.3, -0.25) is 9.89 Å². The van der Waals surface area contributed by atoms with Crippen molar-refractivity contribution in [3.8, 4) is 11.5 Å². The quantitative estimate of drug-likeness (QED) is 0.895. The number of nitrogens with zero attached hydrogens (tertiary/aromatic N) is 1. The molecule has 0 saturated heterocycles. The molecule has 2 heterocycles. The van der Waals surface area contributed by atoms with Crippen LogP contribution >= 0.6 is 0 Å². The van der Waals surface area contributed by atoms with Crippen molar-refractivity contribution in [1.29, 1.82) is 0 Å². The lowest BCUT2D eigenvalue weighted by molar-refractivity contribution is -0.116. The zero-order valence-corrected chi connectivity index (χ0v) is 11.3. The molecule has 1 amide bonds. The zero-order chi connectivity index (χ0) is 14.1. The number of methoxy groups -OCH3 is 2. The minimum absolute atomic E-state index is 0.0264. The summed E-state index contributed by atoms with van der Waals surface area (Å²) < 4.78 is 10.5. The van der Waals surface area contributed by atoms with Gasteiger partial charge in [-0.25, -0.2) is 0 Å². The summed E-state index contributed by atoms with van der Waals surface area (Å²) in [6.07, 6.45) is 2.14. The molecule has 6 heteroatoms. The molecule has 1 aliphatic rings. The van der Waals surface area contributed by atoms with Crippen LogP contribution in [0, 0.1) is 0 Å². The Morgan fingerprint density at radius 1 is 1.25 bits per heavy atom. The van der Waals surface area contributed by atoms with Gasteiger partial charge in [0.15, 0.2) is 11.5 Å². The van der Waals surface area contributed by atoms with Crippen LogP contribution in [0.25, 0.3) is 0 Å². The normalized spacial score (nSPS) is 17.3. The third-order valence-electron chi connectivity index (χ3n) is 3.51. The third kappa shape index (κ3) is 1.99. The Kier molecular flexibility index (Phi) is 3.06. The van der Waals surface area contributed by atoms with E-state index in [2.05, 4.69) is 15.5 Å². The van der Waals surface area contributed by atoms with Crippen LogP contribution in [0.15, 0.2) is 24.4 Å². The predicted octanol–water partition coefficient (Wildman–Crippen LogP) is 1.90. The van der Waals surface area contributed by atoms with Crippen molar-refractivity contribution in [3.05, 3.63) is 35.5 Å². The number of anilines is 1. The number of benzene rings is 1. The van der Waals surface area contributed by atoms with E-state index >= 15 is 0 Å². The number of hydrogen-bond donors (Lipinski definition) is 2. The first-order chi connectivity index (χ1) is 9.72. The largest absolute Gasteiger partial charge is 0.493 e. The first-order valence-electron chi connectivity index (χ1n) is 6.28. The molecular weight excluding hydrogens is 258 g/mol. The highest BCUT2D eigenvalue weighted by atomic mass is 16.5. The summed E-state index contributed by atoms with van der Waals surface area (Å²) in [7, 11) is 3.19. The van der Waals surface area contributed by atoms with E-state index in [1.807, 2.05) is 18.2 Å². The van der Waals surface area contributed by atoms with E-state index in [1.165, 1.54) is 0 Å². The molecule has 3 rings (SSSR count). The molecule has 1 unspecified atom stereocenters. The van der Waals surface area contributed by atoms with Crippen molar-refractivity contribution in [1.82, 2.24) is 10.2 Å². The van der Waals surface area contributed by atoms with Crippen LogP contribution in [-0.4, -0.2) is 30.3 Å². The third-order valence-corrected chi connectivity index (χ3v) is 3.51. The molecular formula is C14H15N3O3. The highest BCUT2D eigenvalue weighted by Crippen LogP contribution is 2.39. The standard InChI is InChI=1S/C14H15N3O3/c1-19-11-4-3-8(5-12(11)20-2)9-6-13(18)16-14-10(9)7-15-17-14/h3-5,7,9H,6H2,1-2H3,(H2,15,16,17,18). The summed E-state index contributed by atoms with van der Waals surface area (Å²) >= 11 is 0. The number of aromatic amines is 1. The maximum absolute atomic E-state index is 11.8. The van der Waals surface area contributed by atoms with Crippen LogP contribution in [0.1, 0.15) is 23.5 Å². The van der Waals surface area contributed by atoms with Crippen molar-refractivity contribution in [3.63, 3.8) is 0 Å². The fraction of sp³-hybridized carbons (Fsp3) is 0.286. The number of H-pyrrole nitrogens is 1. The Bertz CT molecular complexity index is 651. The van der Waals surface area contributed by atoms with Gasteiger partial charge in [-0.15, -0.1) is 0 Å². The Morgan fingerprint density at radius 2 is 2.05 bits per heavy atom. The number of carbonyl (C=O) groups is 1. The number of fused-ring (bicyclic) bond motifs is 1. The summed E-state index contributed by atoms with van der Waals surface area (Å²) in [4.78, 5) is 11.8. The zero-order valence-electron chi connectivity index (χ0n) is 11.3. The number of ether oxygens (including phenoxy) is 2. The van der Waals surface area contributed by atoms with Crippen molar-refractivity contribution < 1.29 is 14.3 Å². The molecule has 0 fully saturated rings.